The standard InChI is InChI=1S/C15H18ClN5OS/c1-10-8-17-3-6-21(10)14(22)11-7-12(16)13(19-9-11)23-15-18-4-5-20(15)2/h4-5,7,9-10,17H,3,6,8H2,1-2H3/t10-/m0/s1. The van der Waals surface area contributed by atoms with Crippen LogP contribution >= 0.6 is 23.4 Å². The van der Waals surface area contributed by atoms with Gasteiger partial charge in [-0.25, -0.2) is 9.97 Å². The molecule has 1 fully saturated rings. The average molecular weight is 352 g/mol. The van der Waals surface area contributed by atoms with Gasteiger partial charge in [-0.05, 0) is 24.8 Å². The molecule has 0 radical (unpaired) electrons. The highest BCUT2D eigenvalue weighted by molar-refractivity contribution is 7.99. The van der Waals surface area contributed by atoms with Gasteiger partial charge >= 0.3 is 0 Å². The van der Waals surface area contributed by atoms with Crippen LogP contribution in [0.15, 0.2) is 34.8 Å². The Morgan fingerprint density at radius 1 is 1.48 bits per heavy atom. The van der Waals surface area contributed by atoms with E-state index in [0.29, 0.717) is 22.2 Å². The van der Waals surface area contributed by atoms with Crippen LogP contribution in [0.5, 0.6) is 0 Å². The van der Waals surface area contributed by atoms with Gasteiger partial charge in [0.15, 0.2) is 5.16 Å². The first-order chi connectivity index (χ1) is 11.1. The third-order valence-corrected chi connectivity index (χ3v) is 5.28. The molecule has 122 valence electrons. The van der Waals surface area contributed by atoms with Crippen LogP contribution in [-0.4, -0.2) is 51.0 Å². The first-order valence-electron chi connectivity index (χ1n) is 7.38. The van der Waals surface area contributed by atoms with Gasteiger partial charge in [0.05, 0.1) is 10.6 Å². The molecule has 0 unspecified atom stereocenters. The molecule has 0 aliphatic carbocycles. The van der Waals surface area contributed by atoms with Gasteiger partial charge in [0.25, 0.3) is 5.91 Å². The number of carbonyl (C=O) groups excluding carboxylic acids is 1. The predicted molar refractivity (Wildman–Crippen MR) is 89.9 cm³/mol. The molecule has 1 N–H and O–H groups in total. The SMILES string of the molecule is C[C@H]1CNCCN1C(=O)c1cnc(Sc2nccn2C)c(Cl)c1. The van der Waals surface area contributed by atoms with Crippen LogP contribution in [0.1, 0.15) is 17.3 Å². The number of hydrogen-bond acceptors (Lipinski definition) is 5. The maximum absolute atomic E-state index is 12.6. The van der Waals surface area contributed by atoms with Crippen LogP contribution < -0.4 is 5.32 Å². The van der Waals surface area contributed by atoms with Crippen LogP contribution in [0.2, 0.25) is 5.02 Å². The molecule has 6 nitrogen and oxygen atoms in total. The van der Waals surface area contributed by atoms with Gasteiger partial charge in [-0.3, -0.25) is 4.79 Å². The predicted octanol–water partition coefficient (Wildman–Crippen LogP) is 2.05. The average Bonchev–Trinajstić information content (AvgIpc) is 2.94. The molecule has 1 atom stereocenters. The van der Waals surface area contributed by atoms with E-state index in [1.165, 1.54) is 11.8 Å². The maximum Gasteiger partial charge on any atom is 0.255 e. The van der Waals surface area contributed by atoms with Crippen molar-refractivity contribution in [2.24, 2.45) is 7.05 Å². The lowest BCUT2D eigenvalue weighted by Crippen LogP contribution is -2.52. The van der Waals surface area contributed by atoms with E-state index in [4.69, 9.17) is 11.6 Å². The summed E-state index contributed by atoms with van der Waals surface area (Å²) >= 11 is 7.69. The third kappa shape index (κ3) is 3.52. The van der Waals surface area contributed by atoms with Crippen LogP contribution in [0.4, 0.5) is 0 Å². The van der Waals surface area contributed by atoms with Crippen molar-refractivity contribution in [2.45, 2.75) is 23.1 Å². The van der Waals surface area contributed by atoms with Crippen LogP contribution in [0.3, 0.4) is 0 Å². The fourth-order valence-corrected chi connectivity index (χ4v) is 3.50. The largest absolute Gasteiger partial charge is 0.333 e. The third-order valence-electron chi connectivity index (χ3n) is 3.78. The van der Waals surface area contributed by atoms with Gasteiger partial charge in [0.1, 0.15) is 5.03 Å². The minimum Gasteiger partial charge on any atom is -0.333 e. The number of aromatic nitrogens is 3. The molecule has 3 heterocycles. The van der Waals surface area contributed by atoms with E-state index in [1.807, 2.05) is 29.6 Å². The molecule has 1 saturated heterocycles. The molecule has 1 aliphatic heterocycles. The van der Waals surface area contributed by atoms with Crippen molar-refractivity contribution in [2.75, 3.05) is 19.6 Å². The quantitative estimate of drug-likeness (QED) is 0.917. The molecular weight excluding hydrogens is 334 g/mol. The van der Waals surface area contributed by atoms with Crippen molar-refractivity contribution in [1.29, 1.82) is 0 Å². The topological polar surface area (TPSA) is 63.1 Å². The van der Waals surface area contributed by atoms with E-state index in [9.17, 15) is 4.79 Å². The molecule has 2 aromatic rings. The molecule has 1 amide bonds. The van der Waals surface area contributed by atoms with Crippen molar-refractivity contribution < 1.29 is 4.79 Å². The number of rotatable bonds is 3. The zero-order chi connectivity index (χ0) is 16.4. The smallest absolute Gasteiger partial charge is 0.255 e. The fraction of sp³-hybridized carbons (Fsp3) is 0.400. The zero-order valence-electron chi connectivity index (χ0n) is 13.0. The number of pyridine rings is 1. The molecule has 0 saturated carbocycles. The first-order valence-corrected chi connectivity index (χ1v) is 8.58. The number of imidazole rings is 1. The lowest BCUT2D eigenvalue weighted by atomic mass is 10.1. The number of amides is 1. The van der Waals surface area contributed by atoms with E-state index in [-0.39, 0.29) is 11.9 Å². The van der Waals surface area contributed by atoms with Gasteiger partial charge < -0.3 is 14.8 Å². The Labute approximate surface area is 144 Å². The first kappa shape index (κ1) is 16.3. The van der Waals surface area contributed by atoms with Crippen LogP contribution in [0, 0.1) is 0 Å². The van der Waals surface area contributed by atoms with E-state index < -0.39 is 0 Å². The highest BCUT2D eigenvalue weighted by Gasteiger charge is 2.24. The minimum absolute atomic E-state index is 0.0260. The fourth-order valence-electron chi connectivity index (χ4n) is 2.46. The Hall–Kier alpha value is -1.57. The van der Waals surface area contributed by atoms with Gasteiger partial charge in [-0.15, -0.1) is 0 Å². The Morgan fingerprint density at radius 2 is 2.30 bits per heavy atom. The van der Waals surface area contributed by atoms with Crippen molar-refractivity contribution in [3.05, 3.63) is 35.2 Å². The maximum atomic E-state index is 12.6. The normalized spacial score (nSPS) is 18.2. The van der Waals surface area contributed by atoms with Gasteiger partial charge in [0, 0.05) is 51.3 Å². The molecule has 23 heavy (non-hydrogen) atoms. The Kier molecular flexibility index (Phi) is 4.89. The summed E-state index contributed by atoms with van der Waals surface area (Å²) in [6.07, 6.45) is 5.17. The Bertz CT molecular complexity index is 720. The van der Waals surface area contributed by atoms with Crippen LogP contribution in [0.25, 0.3) is 0 Å². The summed E-state index contributed by atoms with van der Waals surface area (Å²) in [6, 6.07) is 1.85. The van der Waals surface area contributed by atoms with E-state index in [2.05, 4.69) is 15.3 Å². The summed E-state index contributed by atoms with van der Waals surface area (Å²) in [5, 5.41) is 5.18. The Morgan fingerprint density at radius 3 is 2.96 bits per heavy atom. The number of hydrogen-bond donors (Lipinski definition) is 1. The number of aryl methyl sites for hydroxylation is 1. The van der Waals surface area contributed by atoms with Crippen molar-refractivity contribution in [3.8, 4) is 0 Å². The van der Waals surface area contributed by atoms with Crippen molar-refractivity contribution >= 4 is 29.3 Å². The monoisotopic (exact) mass is 351 g/mol. The van der Waals surface area contributed by atoms with Crippen molar-refractivity contribution in [3.63, 3.8) is 0 Å². The molecule has 0 spiro atoms. The molecule has 8 heteroatoms. The van der Waals surface area contributed by atoms with E-state index in [0.717, 1.165) is 18.2 Å². The summed E-state index contributed by atoms with van der Waals surface area (Å²) in [6.45, 7) is 4.34. The van der Waals surface area contributed by atoms with Gasteiger partial charge in [0.2, 0.25) is 0 Å². The minimum atomic E-state index is -0.0260. The summed E-state index contributed by atoms with van der Waals surface area (Å²) in [7, 11) is 1.91. The molecular formula is C15H18ClN5OS. The highest BCUT2D eigenvalue weighted by Crippen LogP contribution is 2.30. The second-order valence-electron chi connectivity index (χ2n) is 5.49. The number of carbonyl (C=O) groups is 1. The lowest BCUT2D eigenvalue weighted by Gasteiger charge is -2.34. The molecule has 0 aromatic carbocycles. The molecule has 0 bridgehead atoms. The number of nitrogens with one attached hydrogen (secondary N) is 1. The molecule has 2 aromatic heterocycles. The Balaban J connectivity index is 1.78. The molecule has 1 aliphatic rings. The summed E-state index contributed by atoms with van der Waals surface area (Å²) in [5.74, 6) is -0.0260. The highest BCUT2D eigenvalue weighted by atomic mass is 35.5. The number of nitrogens with zero attached hydrogens (tertiary/aromatic N) is 4. The number of halogens is 1. The lowest BCUT2D eigenvalue weighted by molar-refractivity contribution is 0.0655. The number of piperazine rings is 1. The van der Waals surface area contributed by atoms with Gasteiger partial charge in [-0.2, -0.15) is 0 Å². The molecule has 3 rings (SSSR count). The summed E-state index contributed by atoms with van der Waals surface area (Å²) < 4.78 is 1.89. The summed E-state index contributed by atoms with van der Waals surface area (Å²) in [5.41, 5.74) is 0.521. The van der Waals surface area contributed by atoms with E-state index in [1.54, 1.807) is 18.5 Å². The van der Waals surface area contributed by atoms with Gasteiger partial charge in [-0.1, -0.05) is 11.6 Å². The second-order valence-corrected chi connectivity index (χ2v) is 6.85. The second kappa shape index (κ2) is 6.90. The van der Waals surface area contributed by atoms with Crippen LogP contribution in [-0.2, 0) is 7.05 Å². The summed E-state index contributed by atoms with van der Waals surface area (Å²) in [4.78, 5) is 23.1. The van der Waals surface area contributed by atoms with Crippen molar-refractivity contribution in [1.82, 2.24) is 24.8 Å². The zero-order valence-corrected chi connectivity index (χ0v) is 14.6. The van der Waals surface area contributed by atoms with E-state index >= 15 is 0 Å².